The van der Waals surface area contributed by atoms with Gasteiger partial charge in [0.1, 0.15) is 12.1 Å². The summed E-state index contributed by atoms with van der Waals surface area (Å²) >= 11 is 1.95. The molecule has 0 amide bonds. The molecule has 0 fully saturated rings. The first-order valence-corrected chi connectivity index (χ1v) is 7.98. The zero-order valence-corrected chi connectivity index (χ0v) is 14.3. The molecular formula is C17H10F3IN2O. The molecule has 7 heteroatoms. The van der Waals surface area contributed by atoms with Gasteiger partial charge in [0.05, 0.1) is 0 Å². The number of carbonyl (C=O) groups excluding carboxylic acids is 1. The Balaban J connectivity index is 2.08. The third-order valence-corrected chi connectivity index (χ3v) is 4.22. The minimum atomic E-state index is -1.15. The van der Waals surface area contributed by atoms with Crippen molar-refractivity contribution < 1.29 is 18.0 Å². The van der Waals surface area contributed by atoms with Crippen molar-refractivity contribution in [3.05, 3.63) is 86.8 Å². The second kappa shape index (κ2) is 6.76. The van der Waals surface area contributed by atoms with E-state index in [9.17, 15) is 18.0 Å². The summed E-state index contributed by atoms with van der Waals surface area (Å²) in [7, 11) is 0. The highest BCUT2D eigenvalue weighted by Gasteiger charge is 2.21. The van der Waals surface area contributed by atoms with Gasteiger partial charge in [0.2, 0.25) is 0 Å². The summed E-state index contributed by atoms with van der Waals surface area (Å²) in [6.45, 7) is 0. The number of imidazole rings is 1. The van der Waals surface area contributed by atoms with Gasteiger partial charge >= 0.3 is 0 Å². The van der Waals surface area contributed by atoms with Crippen molar-refractivity contribution >= 4 is 28.5 Å². The average Bonchev–Trinajstić information content (AvgIpc) is 3.08. The van der Waals surface area contributed by atoms with Crippen LogP contribution in [0.3, 0.4) is 0 Å². The summed E-state index contributed by atoms with van der Waals surface area (Å²) in [5, 5.41) is 0. The molecule has 3 rings (SSSR count). The van der Waals surface area contributed by atoms with Crippen molar-refractivity contribution in [1.82, 2.24) is 9.55 Å². The maximum absolute atomic E-state index is 14.3. The number of aromatic nitrogens is 2. The number of hydrogen-bond acceptors (Lipinski definition) is 2. The predicted octanol–water partition coefficient (Wildman–Crippen LogP) is 4.18. The van der Waals surface area contributed by atoms with Crippen molar-refractivity contribution in [2.45, 2.75) is 6.42 Å². The van der Waals surface area contributed by atoms with Gasteiger partial charge in [-0.25, -0.2) is 18.2 Å². The molecule has 24 heavy (non-hydrogen) atoms. The van der Waals surface area contributed by atoms with Gasteiger partial charge in [-0.3, -0.25) is 9.36 Å². The van der Waals surface area contributed by atoms with E-state index >= 15 is 0 Å². The molecule has 0 aliphatic rings. The average molecular weight is 442 g/mol. The largest absolute Gasteiger partial charge is 0.272 e. The summed E-state index contributed by atoms with van der Waals surface area (Å²) in [6, 6.07) is 6.53. The van der Waals surface area contributed by atoms with E-state index in [-0.39, 0.29) is 23.1 Å². The molecule has 1 aromatic heterocycles. The van der Waals surface area contributed by atoms with Crippen LogP contribution in [0, 0.1) is 21.0 Å². The van der Waals surface area contributed by atoms with Gasteiger partial charge in [-0.1, -0.05) is 6.07 Å². The van der Waals surface area contributed by atoms with E-state index in [1.54, 1.807) is 6.07 Å². The molecule has 3 nitrogen and oxygen atoms in total. The van der Waals surface area contributed by atoms with Crippen LogP contribution in [-0.4, -0.2) is 15.5 Å². The second-order valence-electron chi connectivity index (χ2n) is 5.08. The highest BCUT2D eigenvalue weighted by Crippen LogP contribution is 2.23. The number of benzene rings is 2. The molecule has 0 unspecified atom stereocenters. The van der Waals surface area contributed by atoms with E-state index in [0.717, 1.165) is 10.6 Å². The molecule has 0 N–H and O–H groups in total. The Labute approximate surface area is 149 Å². The Morgan fingerprint density at radius 2 is 1.92 bits per heavy atom. The Bertz CT molecular complexity index is 910. The fourth-order valence-corrected chi connectivity index (χ4v) is 2.79. The van der Waals surface area contributed by atoms with Crippen LogP contribution in [0.25, 0.3) is 0 Å². The van der Waals surface area contributed by atoms with Crippen molar-refractivity contribution in [1.29, 1.82) is 0 Å². The quantitative estimate of drug-likeness (QED) is 0.571. The number of halogens is 4. The summed E-state index contributed by atoms with van der Waals surface area (Å²) < 4.78 is 43.8. The molecule has 0 aliphatic heterocycles. The van der Waals surface area contributed by atoms with Crippen LogP contribution in [0.2, 0.25) is 0 Å². The monoisotopic (exact) mass is 442 g/mol. The summed E-state index contributed by atoms with van der Waals surface area (Å²) in [5.74, 6) is -3.34. The minimum absolute atomic E-state index is 0.0372. The first-order valence-electron chi connectivity index (χ1n) is 6.91. The first-order chi connectivity index (χ1) is 11.5. The lowest BCUT2D eigenvalue weighted by Gasteiger charge is -2.12. The van der Waals surface area contributed by atoms with Crippen molar-refractivity contribution in [3.63, 3.8) is 0 Å². The van der Waals surface area contributed by atoms with Crippen LogP contribution < -0.4 is 0 Å². The molecule has 2 aromatic carbocycles. The van der Waals surface area contributed by atoms with Crippen molar-refractivity contribution in [2.75, 3.05) is 0 Å². The van der Waals surface area contributed by atoms with E-state index in [1.165, 1.54) is 36.9 Å². The SMILES string of the molecule is O=C(c1ccc(F)c(F)c1Cc1ccc(I)cc1F)n1ccnc1. The smallest absolute Gasteiger partial charge is 0.263 e. The van der Waals surface area contributed by atoms with E-state index < -0.39 is 23.4 Å². The van der Waals surface area contributed by atoms with Gasteiger partial charge in [-0.2, -0.15) is 0 Å². The lowest BCUT2D eigenvalue weighted by Crippen LogP contribution is -2.15. The van der Waals surface area contributed by atoms with Gasteiger partial charge in [-0.05, 0) is 52.4 Å². The maximum atomic E-state index is 14.3. The Hall–Kier alpha value is -2.16. The summed E-state index contributed by atoms with van der Waals surface area (Å²) in [5.41, 5.74) is -0.0433. The maximum Gasteiger partial charge on any atom is 0.263 e. The molecule has 0 atom stereocenters. The fraction of sp³-hybridized carbons (Fsp3) is 0.0588. The van der Waals surface area contributed by atoms with E-state index in [1.807, 2.05) is 22.6 Å². The lowest BCUT2D eigenvalue weighted by atomic mass is 9.98. The van der Waals surface area contributed by atoms with Crippen LogP contribution in [0.1, 0.15) is 21.5 Å². The Morgan fingerprint density at radius 1 is 1.12 bits per heavy atom. The van der Waals surface area contributed by atoms with E-state index in [2.05, 4.69) is 4.98 Å². The van der Waals surface area contributed by atoms with Crippen LogP contribution in [-0.2, 0) is 6.42 Å². The second-order valence-corrected chi connectivity index (χ2v) is 6.32. The molecule has 0 aliphatic carbocycles. The molecular weight excluding hydrogens is 432 g/mol. The Kier molecular flexibility index (Phi) is 4.70. The van der Waals surface area contributed by atoms with Gasteiger partial charge < -0.3 is 0 Å². The zero-order valence-electron chi connectivity index (χ0n) is 12.1. The van der Waals surface area contributed by atoms with Gasteiger partial charge in [0.15, 0.2) is 11.6 Å². The molecule has 1 heterocycles. The third kappa shape index (κ3) is 3.21. The predicted molar refractivity (Wildman–Crippen MR) is 90.2 cm³/mol. The molecule has 0 radical (unpaired) electrons. The standard InChI is InChI=1S/C17H10F3IN2O/c18-14-4-3-12(17(24)23-6-5-22-9-23)13(16(14)20)7-10-1-2-11(21)8-15(10)19/h1-6,8-9H,7H2. The van der Waals surface area contributed by atoms with E-state index in [4.69, 9.17) is 0 Å². The first kappa shape index (κ1) is 16.7. The molecule has 122 valence electrons. The summed E-state index contributed by atoms with van der Waals surface area (Å²) in [4.78, 5) is 16.2. The van der Waals surface area contributed by atoms with Crippen LogP contribution in [0.5, 0.6) is 0 Å². The van der Waals surface area contributed by atoms with Gasteiger partial charge in [0.25, 0.3) is 5.91 Å². The molecule has 0 saturated carbocycles. The number of nitrogens with zero attached hydrogens (tertiary/aromatic N) is 2. The highest BCUT2D eigenvalue weighted by molar-refractivity contribution is 14.1. The number of carbonyl (C=O) groups is 1. The van der Waals surface area contributed by atoms with Gasteiger partial charge in [-0.15, -0.1) is 0 Å². The molecule has 0 bridgehead atoms. The molecule has 0 saturated heterocycles. The summed E-state index contributed by atoms with van der Waals surface area (Å²) in [6.07, 6.45) is 3.83. The highest BCUT2D eigenvalue weighted by atomic mass is 127. The molecule has 0 spiro atoms. The fourth-order valence-electron chi connectivity index (χ4n) is 2.34. The van der Waals surface area contributed by atoms with Crippen molar-refractivity contribution in [3.8, 4) is 0 Å². The normalized spacial score (nSPS) is 10.8. The number of rotatable bonds is 3. The van der Waals surface area contributed by atoms with E-state index in [0.29, 0.717) is 3.57 Å². The topological polar surface area (TPSA) is 34.9 Å². The van der Waals surface area contributed by atoms with Crippen LogP contribution in [0.4, 0.5) is 13.2 Å². The minimum Gasteiger partial charge on any atom is -0.272 e. The lowest BCUT2D eigenvalue weighted by molar-refractivity contribution is 0.0958. The zero-order chi connectivity index (χ0) is 17.3. The molecule has 3 aromatic rings. The van der Waals surface area contributed by atoms with Crippen molar-refractivity contribution in [2.24, 2.45) is 0 Å². The van der Waals surface area contributed by atoms with Gasteiger partial charge in [0, 0.05) is 33.5 Å². The third-order valence-electron chi connectivity index (χ3n) is 3.55. The van der Waals surface area contributed by atoms with Crippen LogP contribution in [0.15, 0.2) is 49.1 Å². The number of hydrogen-bond donors (Lipinski definition) is 0. The Morgan fingerprint density at radius 3 is 2.58 bits per heavy atom. The van der Waals surface area contributed by atoms with Crippen LogP contribution >= 0.6 is 22.6 Å².